The van der Waals surface area contributed by atoms with Gasteiger partial charge in [0.05, 0.1) is 18.4 Å². The largest absolute Gasteiger partial charge is 0.439 e. The summed E-state index contributed by atoms with van der Waals surface area (Å²) in [7, 11) is 0. The number of aromatic nitrogens is 1. The molecule has 2 N–H and O–H groups in total. The van der Waals surface area contributed by atoms with Gasteiger partial charge in [0.15, 0.2) is 0 Å². The van der Waals surface area contributed by atoms with Crippen molar-refractivity contribution in [3.63, 3.8) is 0 Å². The Morgan fingerprint density at radius 3 is 2.83 bits per heavy atom. The van der Waals surface area contributed by atoms with E-state index in [0.29, 0.717) is 23.9 Å². The Kier molecular flexibility index (Phi) is 5.02. The Hall–Kier alpha value is -2.93. The number of urea groups is 1. The molecule has 0 bridgehead atoms. The topological polar surface area (TPSA) is 63.2 Å². The summed E-state index contributed by atoms with van der Waals surface area (Å²) in [6.45, 7) is 0.470. The summed E-state index contributed by atoms with van der Waals surface area (Å²) < 4.78 is 18.5. The third-order valence-electron chi connectivity index (χ3n) is 3.02. The second-order valence-electron chi connectivity index (χ2n) is 4.83. The van der Waals surface area contributed by atoms with Gasteiger partial charge in [0.1, 0.15) is 11.6 Å². The van der Waals surface area contributed by atoms with Crippen molar-refractivity contribution in [3.05, 3.63) is 70.8 Å². The zero-order valence-corrected chi connectivity index (χ0v) is 13.3. The minimum Gasteiger partial charge on any atom is -0.439 e. The van der Waals surface area contributed by atoms with Gasteiger partial charge in [-0.2, -0.15) is 0 Å². The first-order chi connectivity index (χ1) is 11.7. The van der Waals surface area contributed by atoms with Gasteiger partial charge in [-0.15, -0.1) is 11.3 Å². The number of rotatable bonds is 5. The van der Waals surface area contributed by atoms with E-state index in [-0.39, 0.29) is 11.8 Å². The average Bonchev–Trinajstić information content (AvgIpc) is 3.08. The lowest BCUT2D eigenvalue weighted by atomic mass is 10.3. The summed E-state index contributed by atoms with van der Waals surface area (Å²) in [5, 5.41) is 7.39. The number of pyridine rings is 1. The van der Waals surface area contributed by atoms with Gasteiger partial charge in [-0.05, 0) is 29.6 Å². The normalized spacial score (nSPS) is 10.2. The average molecular weight is 343 g/mol. The molecule has 0 saturated carbocycles. The Bertz CT molecular complexity index is 807. The van der Waals surface area contributed by atoms with E-state index in [2.05, 4.69) is 15.6 Å². The minimum atomic E-state index is -0.381. The molecule has 3 rings (SSSR count). The highest BCUT2D eigenvalue weighted by atomic mass is 32.1. The van der Waals surface area contributed by atoms with Crippen molar-refractivity contribution in [2.24, 2.45) is 0 Å². The molecular formula is C17H14FN3O2S. The van der Waals surface area contributed by atoms with Crippen molar-refractivity contribution in [2.75, 3.05) is 5.32 Å². The lowest BCUT2D eigenvalue weighted by Gasteiger charge is -2.08. The Balaban J connectivity index is 1.53. The zero-order chi connectivity index (χ0) is 16.8. The van der Waals surface area contributed by atoms with Crippen LogP contribution in [0.15, 0.2) is 60.1 Å². The van der Waals surface area contributed by atoms with Gasteiger partial charge < -0.3 is 15.4 Å². The maximum Gasteiger partial charge on any atom is 0.319 e. The Morgan fingerprint density at radius 2 is 2.12 bits per heavy atom. The van der Waals surface area contributed by atoms with Crippen LogP contribution in [-0.2, 0) is 6.54 Å². The van der Waals surface area contributed by atoms with Gasteiger partial charge in [-0.3, -0.25) is 0 Å². The number of carbonyl (C=O) groups is 1. The second-order valence-corrected chi connectivity index (χ2v) is 5.86. The molecule has 0 saturated heterocycles. The number of hydrogen-bond acceptors (Lipinski definition) is 4. The number of thiophene rings is 1. The molecule has 0 radical (unpaired) electrons. The van der Waals surface area contributed by atoms with Gasteiger partial charge in [-0.1, -0.05) is 12.1 Å². The molecule has 5 nitrogen and oxygen atoms in total. The first-order valence-corrected chi connectivity index (χ1v) is 8.04. The summed E-state index contributed by atoms with van der Waals surface area (Å²) in [5.74, 6) is 0.287. The van der Waals surface area contributed by atoms with Crippen molar-refractivity contribution in [1.82, 2.24) is 10.3 Å². The minimum absolute atomic E-state index is 0.310. The van der Waals surface area contributed by atoms with E-state index in [1.807, 2.05) is 17.5 Å². The third kappa shape index (κ3) is 4.53. The summed E-state index contributed by atoms with van der Waals surface area (Å²) in [6.07, 6.45) is 1.47. The SMILES string of the molecule is O=C(NCc1cccs1)Nc1ccc(Oc2cccc(F)c2)nc1. The molecule has 2 heterocycles. The van der Waals surface area contributed by atoms with Crippen LogP contribution >= 0.6 is 11.3 Å². The number of carbonyl (C=O) groups excluding carboxylic acids is 1. The molecule has 2 aromatic heterocycles. The van der Waals surface area contributed by atoms with Crippen molar-refractivity contribution in [1.29, 1.82) is 0 Å². The van der Waals surface area contributed by atoms with Gasteiger partial charge in [0.2, 0.25) is 5.88 Å². The monoisotopic (exact) mass is 343 g/mol. The first kappa shape index (κ1) is 15.9. The molecule has 0 unspecified atom stereocenters. The molecule has 24 heavy (non-hydrogen) atoms. The molecule has 2 amide bonds. The second kappa shape index (κ2) is 7.56. The van der Waals surface area contributed by atoms with Crippen LogP contribution in [0.1, 0.15) is 4.88 Å². The molecule has 1 aromatic carbocycles. The van der Waals surface area contributed by atoms with Crippen LogP contribution in [0, 0.1) is 5.82 Å². The molecular weight excluding hydrogens is 329 g/mol. The molecule has 3 aromatic rings. The van der Waals surface area contributed by atoms with E-state index < -0.39 is 0 Å². The standard InChI is InChI=1S/C17H14FN3O2S/c18-12-3-1-4-14(9-12)23-16-7-6-13(10-19-16)21-17(22)20-11-15-5-2-8-24-15/h1-10H,11H2,(H2,20,21,22). The van der Waals surface area contributed by atoms with Crippen LogP contribution in [0.5, 0.6) is 11.6 Å². The van der Waals surface area contributed by atoms with Crippen LogP contribution in [0.2, 0.25) is 0 Å². The Labute approximate surface area is 142 Å². The number of nitrogens with zero attached hydrogens (tertiary/aromatic N) is 1. The lowest BCUT2D eigenvalue weighted by Crippen LogP contribution is -2.27. The smallest absolute Gasteiger partial charge is 0.319 e. The number of amides is 2. The van der Waals surface area contributed by atoms with Crippen molar-refractivity contribution < 1.29 is 13.9 Å². The molecule has 0 fully saturated rings. The molecule has 122 valence electrons. The van der Waals surface area contributed by atoms with Crippen LogP contribution in [-0.4, -0.2) is 11.0 Å². The van der Waals surface area contributed by atoms with Crippen LogP contribution in [0.25, 0.3) is 0 Å². The van der Waals surface area contributed by atoms with Gasteiger partial charge in [0.25, 0.3) is 0 Å². The predicted molar refractivity (Wildman–Crippen MR) is 90.9 cm³/mol. The molecule has 0 atom stereocenters. The van der Waals surface area contributed by atoms with E-state index in [9.17, 15) is 9.18 Å². The first-order valence-electron chi connectivity index (χ1n) is 7.16. The highest BCUT2D eigenvalue weighted by Gasteiger charge is 2.04. The fourth-order valence-electron chi connectivity index (χ4n) is 1.92. The van der Waals surface area contributed by atoms with Crippen LogP contribution < -0.4 is 15.4 Å². The van der Waals surface area contributed by atoms with Gasteiger partial charge in [0, 0.05) is 17.0 Å². The molecule has 0 spiro atoms. The third-order valence-corrected chi connectivity index (χ3v) is 3.89. The highest BCUT2D eigenvalue weighted by Crippen LogP contribution is 2.21. The molecule has 0 aliphatic carbocycles. The fourth-order valence-corrected chi connectivity index (χ4v) is 2.57. The highest BCUT2D eigenvalue weighted by molar-refractivity contribution is 7.09. The van der Waals surface area contributed by atoms with E-state index >= 15 is 0 Å². The van der Waals surface area contributed by atoms with Crippen molar-refractivity contribution >= 4 is 23.1 Å². The molecule has 7 heteroatoms. The summed E-state index contributed by atoms with van der Waals surface area (Å²) in [4.78, 5) is 17.0. The maximum atomic E-state index is 13.1. The van der Waals surface area contributed by atoms with E-state index in [4.69, 9.17) is 4.74 Å². The number of anilines is 1. The van der Waals surface area contributed by atoms with Gasteiger partial charge >= 0.3 is 6.03 Å². The van der Waals surface area contributed by atoms with Gasteiger partial charge in [-0.25, -0.2) is 14.2 Å². The Morgan fingerprint density at radius 1 is 1.21 bits per heavy atom. The van der Waals surface area contributed by atoms with Crippen molar-refractivity contribution in [2.45, 2.75) is 6.54 Å². The molecule has 0 aliphatic rings. The van der Waals surface area contributed by atoms with E-state index in [1.165, 1.54) is 18.3 Å². The lowest BCUT2D eigenvalue weighted by molar-refractivity contribution is 0.252. The summed E-state index contributed by atoms with van der Waals surface area (Å²) in [6, 6.07) is 12.6. The number of benzene rings is 1. The number of nitrogens with one attached hydrogen (secondary N) is 2. The number of halogens is 1. The summed E-state index contributed by atoms with van der Waals surface area (Å²) >= 11 is 1.58. The van der Waals surface area contributed by atoms with Crippen LogP contribution in [0.4, 0.5) is 14.9 Å². The summed E-state index contributed by atoms with van der Waals surface area (Å²) in [5.41, 5.74) is 0.533. The fraction of sp³-hybridized carbons (Fsp3) is 0.0588. The molecule has 0 aliphatic heterocycles. The van der Waals surface area contributed by atoms with E-state index in [1.54, 1.807) is 35.6 Å². The maximum absolute atomic E-state index is 13.1. The number of hydrogen-bond donors (Lipinski definition) is 2. The number of ether oxygens (including phenoxy) is 1. The van der Waals surface area contributed by atoms with Crippen molar-refractivity contribution in [3.8, 4) is 11.6 Å². The zero-order valence-electron chi connectivity index (χ0n) is 12.5. The van der Waals surface area contributed by atoms with E-state index in [0.717, 1.165) is 4.88 Å². The predicted octanol–water partition coefficient (Wildman–Crippen LogP) is 4.40. The van der Waals surface area contributed by atoms with Crippen LogP contribution in [0.3, 0.4) is 0 Å². The quantitative estimate of drug-likeness (QED) is 0.722.